The van der Waals surface area contributed by atoms with Crippen LogP contribution in [0.2, 0.25) is 0 Å². The van der Waals surface area contributed by atoms with Crippen molar-refractivity contribution < 1.29 is 4.79 Å². The number of rotatable bonds is 1. The van der Waals surface area contributed by atoms with E-state index >= 15 is 0 Å². The Kier molecular flexibility index (Phi) is 3.69. The fourth-order valence-electron chi connectivity index (χ4n) is 4.30. The van der Waals surface area contributed by atoms with Crippen molar-refractivity contribution in [2.75, 3.05) is 0 Å². The van der Waals surface area contributed by atoms with Gasteiger partial charge in [-0.25, -0.2) is 4.79 Å². The number of benzene rings is 1. The molecular formula is C22H21N5O. The summed E-state index contributed by atoms with van der Waals surface area (Å²) in [6.07, 6.45) is 1.74. The van der Waals surface area contributed by atoms with Crippen molar-refractivity contribution in [1.82, 2.24) is 25.1 Å². The zero-order chi connectivity index (χ0) is 19.4. The molecule has 0 unspecified atom stereocenters. The Balaban J connectivity index is 1.60. The number of nitrogens with one attached hydrogen (secondary N) is 1. The largest absolute Gasteiger partial charge is 0.343 e. The van der Waals surface area contributed by atoms with E-state index in [1.807, 2.05) is 51.1 Å². The number of para-hydroxylation sites is 1. The molecular weight excluding hydrogens is 350 g/mol. The van der Waals surface area contributed by atoms with Gasteiger partial charge >= 0.3 is 6.03 Å². The Hall–Kier alpha value is -3.28. The highest BCUT2D eigenvalue weighted by molar-refractivity contribution is 6.08. The molecule has 1 aliphatic rings. The minimum absolute atomic E-state index is 0.0376. The number of nitrogens with zero attached hydrogens (tertiary/aromatic N) is 4. The second-order valence-corrected chi connectivity index (χ2v) is 7.46. The van der Waals surface area contributed by atoms with Crippen LogP contribution in [0.4, 0.5) is 4.79 Å². The van der Waals surface area contributed by atoms with Crippen LogP contribution in [0.5, 0.6) is 0 Å². The predicted molar refractivity (Wildman–Crippen MR) is 108 cm³/mol. The van der Waals surface area contributed by atoms with Gasteiger partial charge in [-0.15, -0.1) is 0 Å². The fraction of sp³-hybridized carbons (Fsp3) is 0.273. The molecule has 0 aliphatic heterocycles. The smallest absolute Gasteiger partial charge is 0.329 e. The Bertz CT molecular complexity index is 1260. The van der Waals surface area contributed by atoms with Crippen molar-refractivity contribution in [2.24, 2.45) is 0 Å². The average molecular weight is 371 g/mol. The highest BCUT2D eigenvalue weighted by Gasteiger charge is 2.27. The van der Waals surface area contributed by atoms with Crippen LogP contribution in [0.15, 0.2) is 36.4 Å². The zero-order valence-corrected chi connectivity index (χ0v) is 16.2. The van der Waals surface area contributed by atoms with Crippen LogP contribution in [0.3, 0.4) is 0 Å². The summed E-state index contributed by atoms with van der Waals surface area (Å²) in [5.74, 6) is 0. The average Bonchev–Trinajstić information content (AvgIpc) is 3.23. The third kappa shape index (κ3) is 2.48. The first-order chi connectivity index (χ1) is 13.5. The number of carbonyl (C=O) groups is 1. The zero-order valence-electron chi connectivity index (χ0n) is 16.2. The lowest BCUT2D eigenvalue weighted by molar-refractivity contribution is 0.236. The summed E-state index contributed by atoms with van der Waals surface area (Å²) in [5, 5.41) is 9.60. The van der Waals surface area contributed by atoms with Crippen molar-refractivity contribution in [3.8, 4) is 0 Å². The van der Waals surface area contributed by atoms with E-state index in [-0.39, 0.29) is 12.1 Å². The van der Waals surface area contributed by atoms with Crippen LogP contribution in [-0.2, 0) is 6.42 Å². The van der Waals surface area contributed by atoms with Crippen LogP contribution in [-0.4, -0.2) is 25.8 Å². The molecule has 6 nitrogen and oxygen atoms in total. The Morgan fingerprint density at radius 2 is 1.89 bits per heavy atom. The van der Waals surface area contributed by atoms with Gasteiger partial charge in [-0.2, -0.15) is 9.78 Å². The first-order valence-electron chi connectivity index (χ1n) is 9.55. The first kappa shape index (κ1) is 16.9. The number of aryl methyl sites for hydroxylation is 4. The van der Waals surface area contributed by atoms with E-state index in [1.54, 1.807) is 0 Å². The van der Waals surface area contributed by atoms with Crippen LogP contribution in [0, 0.1) is 20.8 Å². The lowest BCUT2D eigenvalue weighted by Gasteiger charge is -2.14. The quantitative estimate of drug-likeness (QED) is 0.545. The third-order valence-electron chi connectivity index (χ3n) is 5.55. The molecule has 4 aromatic rings. The minimum Gasteiger partial charge on any atom is -0.329 e. The molecule has 3 heterocycles. The predicted octanol–water partition coefficient (Wildman–Crippen LogP) is 4.15. The molecule has 0 spiro atoms. The van der Waals surface area contributed by atoms with Gasteiger partial charge in [0.15, 0.2) is 0 Å². The second-order valence-electron chi connectivity index (χ2n) is 7.46. The van der Waals surface area contributed by atoms with Crippen molar-refractivity contribution in [3.63, 3.8) is 0 Å². The van der Waals surface area contributed by atoms with Crippen molar-refractivity contribution in [3.05, 3.63) is 64.7 Å². The van der Waals surface area contributed by atoms with Gasteiger partial charge in [0, 0.05) is 27.9 Å². The number of hydrogen-bond donors (Lipinski definition) is 1. The third-order valence-corrected chi connectivity index (χ3v) is 5.55. The molecule has 28 heavy (non-hydrogen) atoms. The van der Waals surface area contributed by atoms with Crippen molar-refractivity contribution >= 4 is 27.8 Å². The molecule has 0 fully saturated rings. The van der Waals surface area contributed by atoms with E-state index in [0.717, 1.165) is 63.0 Å². The van der Waals surface area contributed by atoms with Gasteiger partial charge in [0.05, 0.1) is 22.8 Å². The number of pyridine rings is 2. The van der Waals surface area contributed by atoms with Crippen molar-refractivity contribution in [1.29, 1.82) is 0 Å². The molecule has 0 saturated carbocycles. The summed E-state index contributed by atoms with van der Waals surface area (Å²) in [4.78, 5) is 22.5. The number of carbonyl (C=O) groups excluding carboxylic acids is 1. The van der Waals surface area contributed by atoms with E-state index < -0.39 is 0 Å². The standard InChI is InChI=1S/C22H21N5O/c1-12-8-9-15-18(23-12)10-11-19(15)25-22(28)27-21-16-6-4-5-7-17(16)24-13(2)20(21)14(3)26-27/h4-9,19H,10-11H2,1-3H3,(H,25,28)/t19-/m0/s1. The monoisotopic (exact) mass is 371 g/mol. The number of fused-ring (bicyclic) bond motifs is 4. The van der Waals surface area contributed by atoms with Gasteiger partial charge in [0.2, 0.25) is 0 Å². The number of aromatic nitrogens is 4. The first-order valence-corrected chi connectivity index (χ1v) is 9.55. The molecule has 0 radical (unpaired) electrons. The Morgan fingerprint density at radius 3 is 2.75 bits per heavy atom. The van der Waals surface area contributed by atoms with Crippen LogP contribution in [0.25, 0.3) is 21.8 Å². The highest BCUT2D eigenvalue weighted by Crippen LogP contribution is 2.31. The van der Waals surface area contributed by atoms with Gasteiger partial charge in [-0.3, -0.25) is 9.97 Å². The highest BCUT2D eigenvalue weighted by atomic mass is 16.2. The van der Waals surface area contributed by atoms with Crippen molar-refractivity contribution in [2.45, 2.75) is 39.7 Å². The summed E-state index contributed by atoms with van der Waals surface area (Å²) in [6.45, 7) is 5.88. The summed E-state index contributed by atoms with van der Waals surface area (Å²) < 4.78 is 1.50. The summed E-state index contributed by atoms with van der Waals surface area (Å²) in [6, 6.07) is 11.7. The maximum Gasteiger partial charge on any atom is 0.343 e. The molecule has 3 aromatic heterocycles. The molecule has 140 valence electrons. The summed E-state index contributed by atoms with van der Waals surface area (Å²) >= 11 is 0. The van der Waals surface area contributed by atoms with Crippen LogP contribution >= 0.6 is 0 Å². The normalized spacial score (nSPS) is 15.9. The maximum atomic E-state index is 13.2. The van der Waals surface area contributed by atoms with Gasteiger partial charge in [-0.05, 0) is 51.3 Å². The van der Waals surface area contributed by atoms with Crippen LogP contribution < -0.4 is 5.32 Å². The van der Waals surface area contributed by atoms with E-state index in [0.29, 0.717) is 0 Å². The van der Waals surface area contributed by atoms with E-state index in [1.165, 1.54) is 4.68 Å². The molecule has 1 N–H and O–H groups in total. The second kappa shape index (κ2) is 6.12. The van der Waals surface area contributed by atoms with E-state index in [4.69, 9.17) is 0 Å². The van der Waals surface area contributed by atoms with Gasteiger partial charge in [0.25, 0.3) is 0 Å². The fourth-order valence-corrected chi connectivity index (χ4v) is 4.30. The molecule has 1 amide bonds. The minimum atomic E-state index is -0.215. The summed E-state index contributed by atoms with van der Waals surface area (Å²) in [7, 11) is 0. The number of hydrogen-bond acceptors (Lipinski definition) is 4. The number of amides is 1. The van der Waals surface area contributed by atoms with E-state index in [2.05, 4.69) is 26.4 Å². The van der Waals surface area contributed by atoms with Gasteiger partial charge in [0.1, 0.15) is 0 Å². The molecule has 0 bridgehead atoms. The maximum absolute atomic E-state index is 13.2. The van der Waals surface area contributed by atoms with Gasteiger partial charge < -0.3 is 5.32 Å². The molecule has 1 aliphatic carbocycles. The Morgan fingerprint density at radius 1 is 1.07 bits per heavy atom. The molecule has 5 rings (SSSR count). The molecule has 1 atom stereocenters. The lowest BCUT2D eigenvalue weighted by atomic mass is 10.1. The molecule has 6 heteroatoms. The lowest BCUT2D eigenvalue weighted by Crippen LogP contribution is -2.32. The topological polar surface area (TPSA) is 72.7 Å². The Labute approximate surface area is 162 Å². The summed E-state index contributed by atoms with van der Waals surface area (Å²) in [5.41, 5.74) is 6.58. The van der Waals surface area contributed by atoms with Gasteiger partial charge in [-0.1, -0.05) is 24.3 Å². The SMILES string of the molecule is Cc1ccc2c(n1)CC[C@@H]2NC(=O)n1nc(C)c2c(C)nc3ccccc3c21. The van der Waals surface area contributed by atoms with E-state index in [9.17, 15) is 4.79 Å². The van der Waals surface area contributed by atoms with Crippen LogP contribution in [0.1, 0.15) is 40.8 Å². The molecule has 0 saturated heterocycles. The molecule has 1 aromatic carbocycles.